The molecule has 0 saturated heterocycles. The van der Waals surface area contributed by atoms with E-state index in [1.807, 2.05) is 0 Å². The van der Waals surface area contributed by atoms with Crippen LogP contribution in [-0.4, -0.2) is 25.1 Å². The third-order valence-electron chi connectivity index (χ3n) is 2.48. The Balaban J connectivity index is 2.35. The quantitative estimate of drug-likeness (QED) is 0.586. The third kappa shape index (κ3) is 3.18. The second-order valence-electron chi connectivity index (χ2n) is 3.92. The predicted octanol–water partition coefficient (Wildman–Crippen LogP) is 1.91. The molecule has 2 aromatic rings. The molecule has 0 radical (unpaired) electrons. The van der Waals surface area contributed by atoms with Gasteiger partial charge >= 0.3 is 11.2 Å². The highest BCUT2D eigenvalue weighted by Gasteiger charge is 2.21. The molecule has 1 heterocycles. The Morgan fingerprint density at radius 2 is 2.05 bits per heavy atom. The van der Waals surface area contributed by atoms with E-state index >= 15 is 0 Å². The summed E-state index contributed by atoms with van der Waals surface area (Å²) in [6.45, 7) is 0. The van der Waals surface area contributed by atoms with Gasteiger partial charge in [-0.25, -0.2) is 0 Å². The van der Waals surface area contributed by atoms with E-state index in [2.05, 4.69) is 9.97 Å². The molecule has 3 N–H and O–H groups in total. The number of hydrogen-bond donors (Lipinski definition) is 3. The molecule has 0 atom stereocenters. The van der Waals surface area contributed by atoms with Crippen LogP contribution in [-0.2, 0) is 0 Å². The Morgan fingerprint density at radius 1 is 1.33 bits per heavy atom. The molecule has 8 nitrogen and oxygen atoms in total. The molecule has 0 bridgehead atoms. The molecule has 0 spiro atoms. The average molecular weight is 310 g/mol. The summed E-state index contributed by atoms with van der Waals surface area (Å²) in [6, 6.07) is 4.41. The number of phenolic OH excluding ortho intramolecular Hbond substituents is 1. The number of hydrogen-bond acceptors (Lipinski definition) is 6. The summed E-state index contributed by atoms with van der Waals surface area (Å²) in [5.41, 5.74) is -1.48. The van der Waals surface area contributed by atoms with Gasteiger partial charge in [-0.1, -0.05) is 23.7 Å². The number of aromatic amines is 1. The molecule has 108 valence electrons. The molecule has 2 rings (SSSR count). The van der Waals surface area contributed by atoms with Crippen LogP contribution in [0.4, 0.5) is 5.69 Å². The third-order valence-corrected chi connectivity index (χ3v) is 2.79. The number of rotatable bonds is 3. The number of aromatic hydroxyl groups is 2. The Hall–Kier alpha value is -2.87. The second kappa shape index (κ2) is 5.63. The van der Waals surface area contributed by atoms with Crippen molar-refractivity contribution >= 4 is 29.4 Å². The van der Waals surface area contributed by atoms with Crippen molar-refractivity contribution in [2.24, 2.45) is 0 Å². The van der Waals surface area contributed by atoms with E-state index in [1.165, 1.54) is 24.3 Å². The van der Waals surface area contributed by atoms with Crippen molar-refractivity contribution in [1.29, 1.82) is 0 Å². The predicted molar refractivity (Wildman–Crippen MR) is 75.2 cm³/mol. The van der Waals surface area contributed by atoms with Crippen molar-refractivity contribution in [3.8, 4) is 11.6 Å². The molecule has 21 heavy (non-hydrogen) atoms. The zero-order valence-corrected chi connectivity index (χ0v) is 11.0. The minimum Gasteiger partial charge on any atom is -0.506 e. The van der Waals surface area contributed by atoms with Gasteiger partial charge in [0, 0.05) is 0 Å². The van der Waals surface area contributed by atoms with Gasteiger partial charge in [-0.2, -0.15) is 4.98 Å². The molecular weight excluding hydrogens is 302 g/mol. The van der Waals surface area contributed by atoms with Gasteiger partial charge in [0.1, 0.15) is 11.6 Å². The van der Waals surface area contributed by atoms with Gasteiger partial charge in [0.15, 0.2) is 0 Å². The molecule has 1 aromatic heterocycles. The number of nitrogens with one attached hydrogen (secondary N) is 1. The van der Waals surface area contributed by atoms with Crippen molar-refractivity contribution in [3.63, 3.8) is 0 Å². The highest BCUT2D eigenvalue weighted by molar-refractivity contribution is 6.32. The number of phenols is 1. The smallest absolute Gasteiger partial charge is 0.395 e. The fourth-order valence-electron chi connectivity index (χ4n) is 1.52. The second-order valence-corrected chi connectivity index (χ2v) is 4.33. The minimum absolute atomic E-state index is 0.0627. The minimum atomic E-state index is -1.06. The summed E-state index contributed by atoms with van der Waals surface area (Å²) < 4.78 is 0. The summed E-state index contributed by atoms with van der Waals surface area (Å²) in [7, 11) is 0. The SMILES string of the molecule is O=c1[nH]c(/C=C/c2ccc(O)c(Cl)c2)nc(O)c1[N+](=O)[O-]. The van der Waals surface area contributed by atoms with Crippen LogP contribution in [0.1, 0.15) is 11.4 Å². The maximum Gasteiger partial charge on any atom is 0.395 e. The van der Waals surface area contributed by atoms with E-state index in [4.69, 9.17) is 11.6 Å². The monoisotopic (exact) mass is 309 g/mol. The fraction of sp³-hybridized carbons (Fsp3) is 0. The molecule has 0 aliphatic rings. The number of aromatic nitrogens is 2. The van der Waals surface area contributed by atoms with E-state index in [-0.39, 0.29) is 16.6 Å². The number of nitro groups is 1. The first-order chi connectivity index (χ1) is 9.88. The molecule has 0 aliphatic carbocycles. The number of H-pyrrole nitrogens is 1. The Bertz CT molecular complexity index is 800. The lowest BCUT2D eigenvalue weighted by Crippen LogP contribution is -2.14. The molecule has 9 heteroatoms. The molecule has 0 unspecified atom stereocenters. The zero-order valence-electron chi connectivity index (χ0n) is 10.3. The topological polar surface area (TPSA) is 129 Å². The summed E-state index contributed by atoms with van der Waals surface area (Å²) >= 11 is 5.73. The van der Waals surface area contributed by atoms with Gasteiger partial charge in [0.2, 0.25) is 0 Å². The lowest BCUT2D eigenvalue weighted by Gasteiger charge is -1.99. The summed E-state index contributed by atoms with van der Waals surface area (Å²) in [6.07, 6.45) is 2.82. The molecule has 0 fully saturated rings. The van der Waals surface area contributed by atoms with E-state index in [0.717, 1.165) is 0 Å². The van der Waals surface area contributed by atoms with Crippen LogP contribution in [0.15, 0.2) is 23.0 Å². The van der Waals surface area contributed by atoms with Crippen molar-refractivity contribution in [1.82, 2.24) is 9.97 Å². The highest BCUT2D eigenvalue weighted by Crippen LogP contribution is 2.24. The van der Waals surface area contributed by atoms with Crippen molar-refractivity contribution < 1.29 is 15.1 Å². The van der Waals surface area contributed by atoms with Crippen LogP contribution < -0.4 is 5.56 Å². The van der Waals surface area contributed by atoms with Gasteiger partial charge in [0.05, 0.1) is 9.95 Å². The van der Waals surface area contributed by atoms with Gasteiger partial charge in [0.25, 0.3) is 5.88 Å². The van der Waals surface area contributed by atoms with E-state index in [1.54, 1.807) is 6.07 Å². The first-order valence-electron chi connectivity index (χ1n) is 5.53. The lowest BCUT2D eigenvalue weighted by molar-refractivity contribution is -0.387. The standard InChI is InChI=1S/C12H8ClN3O5/c13-7-5-6(1-3-8(7)17)2-4-9-14-11(18)10(16(20)21)12(19)15-9/h1-5,17H,(H2,14,15,18,19)/b4-2+. The zero-order chi connectivity index (χ0) is 15.6. The summed E-state index contributed by atoms with van der Waals surface area (Å²) in [4.78, 5) is 26.6. The van der Waals surface area contributed by atoms with Crippen LogP contribution in [0.25, 0.3) is 12.2 Å². The Kier molecular flexibility index (Phi) is 3.90. The molecule has 0 amide bonds. The van der Waals surface area contributed by atoms with Crippen molar-refractivity contribution in [2.75, 3.05) is 0 Å². The molecule has 0 saturated carbocycles. The van der Waals surface area contributed by atoms with Gasteiger partial charge in [-0.3, -0.25) is 14.9 Å². The lowest BCUT2D eigenvalue weighted by atomic mass is 10.2. The van der Waals surface area contributed by atoms with E-state index in [0.29, 0.717) is 5.56 Å². The van der Waals surface area contributed by atoms with Crippen LogP contribution in [0.2, 0.25) is 5.02 Å². The normalized spacial score (nSPS) is 10.9. The number of halogens is 1. The molecule has 1 aromatic carbocycles. The van der Waals surface area contributed by atoms with Crippen molar-refractivity contribution in [2.45, 2.75) is 0 Å². The van der Waals surface area contributed by atoms with E-state index < -0.39 is 22.0 Å². The van der Waals surface area contributed by atoms with Gasteiger partial charge in [-0.05, 0) is 23.8 Å². The van der Waals surface area contributed by atoms with Crippen molar-refractivity contribution in [3.05, 3.63) is 55.1 Å². The molecule has 0 aliphatic heterocycles. The summed E-state index contributed by atoms with van der Waals surface area (Å²) in [5.74, 6) is -1.10. The van der Waals surface area contributed by atoms with E-state index in [9.17, 15) is 25.1 Å². The number of benzene rings is 1. The Morgan fingerprint density at radius 3 is 2.62 bits per heavy atom. The highest BCUT2D eigenvalue weighted by atomic mass is 35.5. The Labute approximate surface area is 122 Å². The average Bonchev–Trinajstić information content (AvgIpc) is 2.39. The van der Waals surface area contributed by atoms with Gasteiger partial charge < -0.3 is 15.2 Å². The fourth-order valence-corrected chi connectivity index (χ4v) is 1.71. The first-order valence-corrected chi connectivity index (χ1v) is 5.90. The van der Waals surface area contributed by atoms with Crippen LogP contribution in [0.3, 0.4) is 0 Å². The molecular formula is C12H8ClN3O5. The first kappa shape index (κ1) is 14.5. The number of nitrogens with zero attached hydrogens (tertiary/aromatic N) is 2. The van der Waals surface area contributed by atoms with Gasteiger partial charge in [-0.15, -0.1) is 0 Å². The van der Waals surface area contributed by atoms with Crippen LogP contribution in [0, 0.1) is 10.1 Å². The maximum absolute atomic E-state index is 11.4. The van der Waals surface area contributed by atoms with Crippen LogP contribution >= 0.6 is 11.6 Å². The maximum atomic E-state index is 11.4. The largest absolute Gasteiger partial charge is 0.506 e. The van der Waals surface area contributed by atoms with Crippen LogP contribution in [0.5, 0.6) is 11.6 Å². The summed E-state index contributed by atoms with van der Waals surface area (Å²) in [5, 5.41) is 29.3.